The summed E-state index contributed by atoms with van der Waals surface area (Å²) < 4.78 is 0. The van der Waals surface area contributed by atoms with E-state index in [9.17, 15) is 9.59 Å². The molecule has 0 unspecified atom stereocenters. The Bertz CT molecular complexity index is 820. The molecule has 0 bridgehead atoms. The van der Waals surface area contributed by atoms with Crippen molar-refractivity contribution in [2.24, 2.45) is 0 Å². The Morgan fingerprint density at radius 1 is 1.00 bits per heavy atom. The molecule has 0 saturated carbocycles. The van der Waals surface area contributed by atoms with Crippen LogP contribution in [0.15, 0.2) is 42.5 Å². The van der Waals surface area contributed by atoms with Crippen LogP contribution in [0.25, 0.3) is 0 Å². The van der Waals surface area contributed by atoms with Crippen LogP contribution in [0.3, 0.4) is 0 Å². The molecule has 0 aliphatic carbocycles. The van der Waals surface area contributed by atoms with Crippen LogP contribution in [-0.2, 0) is 22.6 Å². The third kappa shape index (κ3) is 6.63. The van der Waals surface area contributed by atoms with Gasteiger partial charge in [-0.2, -0.15) is 0 Å². The van der Waals surface area contributed by atoms with Crippen molar-refractivity contribution in [2.75, 3.05) is 6.54 Å². The van der Waals surface area contributed by atoms with E-state index in [1.807, 2.05) is 26.0 Å². The van der Waals surface area contributed by atoms with Gasteiger partial charge in [-0.1, -0.05) is 66.8 Å². The molecular weight excluding hydrogens is 431 g/mol. The first-order valence-corrected chi connectivity index (χ1v) is 10.7. The fraction of sp³-hybridized carbons (Fsp3) is 0.364. The lowest BCUT2D eigenvalue weighted by molar-refractivity contribution is -0.140. The second-order valence-electron chi connectivity index (χ2n) is 6.74. The normalized spacial score (nSPS) is 11.8. The molecule has 2 rings (SSSR count). The number of nitrogens with zero attached hydrogens (tertiary/aromatic N) is 1. The molecule has 0 aliphatic rings. The number of halogens is 3. The van der Waals surface area contributed by atoms with Crippen molar-refractivity contribution in [2.45, 2.75) is 45.7 Å². The van der Waals surface area contributed by atoms with Crippen LogP contribution in [0.2, 0.25) is 15.1 Å². The highest BCUT2D eigenvalue weighted by atomic mass is 35.5. The van der Waals surface area contributed by atoms with E-state index in [1.54, 1.807) is 35.2 Å². The zero-order valence-electron chi connectivity index (χ0n) is 16.6. The summed E-state index contributed by atoms with van der Waals surface area (Å²) >= 11 is 18.5. The van der Waals surface area contributed by atoms with Crippen LogP contribution in [0.5, 0.6) is 0 Å². The molecule has 1 atom stereocenters. The molecule has 0 fully saturated rings. The third-order valence-electron chi connectivity index (χ3n) is 4.59. The van der Waals surface area contributed by atoms with Gasteiger partial charge in [0, 0.05) is 28.2 Å². The largest absolute Gasteiger partial charge is 0.354 e. The fourth-order valence-corrected chi connectivity index (χ4v) is 3.68. The first kappa shape index (κ1) is 23.5. The minimum absolute atomic E-state index is 0.0175. The smallest absolute Gasteiger partial charge is 0.242 e. The maximum Gasteiger partial charge on any atom is 0.242 e. The summed E-state index contributed by atoms with van der Waals surface area (Å²) in [5.74, 6) is -0.379. The minimum atomic E-state index is -0.592. The standard InChI is InChI=1S/C22H25Cl3N2O2/c1-3-12-26-22(29)20(4-2)27(14-15-8-10-16(23)11-9-15)21(28)13-17-18(24)6-5-7-19(17)25/h5-11,20H,3-4,12-14H2,1-2H3,(H,26,29)/t20-/m1/s1. The molecule has 7 heteroatoms. The van der Waals surface area contributed by atoms with Crippen molar-refractivity contribution in [1.29, 1.82) is 0 Å². The summed E-state index contributed by atoms with van der Waals surface area (Å²) in [6, 6.07) is 11.8. The Labute approximate surface area is 187 Å². The second-order valence-corrected chi connectivity index (χ2v) is 7.99. The lowest BCUT2D eigenvalue weighted by Gasteiger charge is -2.31. The first-order valence-electron chi connectivity index (χ1n) is 9.61. The van der Waals surface area contributed by atoms with Gasteiger partial charge in [0.15, 0.2) is 0 Å². The van der Waals surface area contributed by atoms with Crippen LogP contribution >= 0.6 is 34.8 Å². The number of carbonyl (C=O) groups is 2. The van der Waals surface area contributed by atoms with Gasteiger partial charge in [-0.25, -0.2) is 0 Å². The average Bonchev–Trinajstić information content (AvgIpc) is 2.70. The van der Waals surface area contributed by atoms with E-state index in [0.29, 0.717) is 33.6 Å². The van der Waals surface area contributed by atoms with Gasteiger partial charge in [0.2, 0.25) is 11.8 Å². The minimum Gasteiger partial charge on any atom is -0.354 e. The fourth-order valence-electron chi connectivity index (χ4n) is 3.03. The number of rotatable bonds is 9. The molecule has 4 nitrogen and oxygen atoms in total. The molecular formula is C22H25Cl3N2O2. The SMILES string of the molecule is CCCNC(=O)[C@@H](CC)N(Cc1ccc(Cl)cc1)C(=O)Cc1c(Cl)cccc1Cl. The monoisotopic (exact) mass is 454 g/mol. The van der Waals surface area contributed by atoms with Crippen molar-refractivity contribution < 1.29 is 9.59 Å². The molecule has 2 amide bonds. The molecule has 0 spiro atoms. The van der Waals surface area contributed by atoms with E-state index in [4.69, 9.17) is 34.8 Å². The maximum absolute atomic E-state index is 13.3. The van der Waals surface area contributed by atoms with Crippen molar-refractivity contribution in [1.82, 2.24) is 10.2 Å². The Hall–Kier alpha value is -1.75. The molecule has 156 valence electrons. The number of amides is 2. The lowest BCUT2D eigenvalue weighted by atomic mass is 10.1. The van der Waals surface area contributed by atoms with Gasteiger partial charge in [0.1, 0.15) is 6.04 Å². The first-order chi connectivity index (χ1) is 13.9. The highest BCUT2D eigenvalue weighted by molar-refractivity contribution is 6.36. The van der Waals surface area contributed by atoms with Crippen molar-refractivity contribution >= 4 is 46.6 Å². The average molecular weight is 456 g/mol. The molecule has 0 saturated heterocycles. The summed E-state index contributed by atoms with van der Waals surface area (Å²) in [5.41, 5.74) is 1.44. The summed E-state index contributed by atoms with van der Waals surface area (Å²) in [6.45, 7) is 4.73. The molecule has 0 heterocycles. The second kappa shape index (κ2) is 11.4. The Balaban J connectivity index is 2.32. The van der Waals surface area contributed by atoms with Gasteiger partial charge in [-0.05, 0) is 48.2 Å². The van der Waals surface area contributed by atoms with Gasteiger partial charge in [-0.15, -0.1) is 0 Å². The highest BCUT2D eigenvalue weighted by Crippen LogP contribution is 2.26. The molecule has 0 aliphatic heterocycles. The van der Waals surface area contributed by atoms with Gasteiger partial charge < -0.3 is 10.2 Å². The van der Waals surface area contributed by atoms with E-state index in [2.05, 4.69) is 5.32 Å². The number of hydrogen-bond acceptors (Lipinski definition) is 2. The lowest BCUT2D eigenvalue weighted by Crippen LogP contribution is -2.49. The summed E-state index contributed by atoms with van der Waals surface area (Å²) in [7, 11) is 0. The quantitative estimate of drug-likeness (QED) is 0.541. The topological polar surface area (TPSA) is 49.4 Å². The van der Waals surface area contributed by atoms with Gasteiger partial charge >= 0.3 is 0 Å². The zero-order chi connectivity index (χ0) is 21.4. The molecule has 0 aromatic heterocycles. The number of benzene rings is 2. The molecule has 1 N–H and O–H groups in total. The van der Waals surface area contributed by atoms with Gasteiger partial charge in [0.25, 0.3) is 0 Å². The molecule has 2 aromatic carbocycles. The van der Waals surface area contributed by atoms with E-state index < -0.39 is 6.04 Å². The van der Waals surface area contributed by atoms with E-state index >= 15 is 0 Å². The Morgan fingerprint density at radius 3 is 2.17 bits per heavy atom. The van der Waals surface area contributed by atoms with Gasteiger partial charge in [-0.3, -0.25) is 9.59 Å². The number of carbonyl (C=O) groups excluding carboxylic acids is 2. The van der Waals surface area contributed by atoms with Crippen LogP contribution in [0.4, 0.5) is 0 Å². The Kier molecular flexibility index (Phi) is 9.28. The van der Waals surface area contributed by atoms with Crippen LogP contribution in [0.1, 0.15) is 37.8 Å². The summed E-state index contributed by atoms with van der Waals surface area (Å²) in [6.07, 6.45) is 1.33. The van der Waals surface area contributed by atoms with Crippen LogP contribution < -0.4 is 5.32 Å². The van der Waals surface area contributed by atoms with Crippen molar-refractivity contribution in [3.05, 3.63) is 68.7 Å². The maximum atomic E-state index is 13.3. The van der Waals surface area contributed by atoms with Crippen molar-refractivity contribution in [3.63, 3.8) is 0 Å². The number of hydrogen-bond donors (Lipinski definition) is 1. The zero-order valence-corrected chi connectivity index (χ0v) is 18.8. The summed E-state index contributed by atoms with van der Waals surface area (Å²) in [4.78, 5) is 27.6. The molecule has 0 radical (unpaired) electrons. The molecule has 29 heavy (non-hydrogen) atoms. The predicted molar refractivity (Wildman–Crippen MR) is 120 cm³/mol. The predicted octanol–water partition coefficient (Wildman–Crippen LogP) is 5.52. The van der Waals surface area contributed by atoms with Gasteiger partial charge in [0.05, 0.1) is 6.42 Å². The Morgan fingerprint density at radius 2 is 1.62 bits per heavy atom. The van der Waals surface area contributed by atoms with E-state index in [1.165, 1.54) is 0 Å². The summed E-state index contributed by atoms with van der Waals surface area (Å²) in [5, 5.41) is 4.37. The van der Waals surface area contributed by atoms with Crippen LogP contribution in [-0.4, -0.2) is 29.3 Å². The molecule has 2 aromatic rings. The van der Waals surface area contributed by atoms with E-state index in [0.717, 1.165) is 12.0 Å². The highest BCUT2D eigenvalue weighted by Gasteiger charge is 2.29. The number of nitrogens with one attached hydrogen (secondary N) is 1. The van der Waals surface area contributed by atoms with Crippen molar-refractivity contribution in [3.8, 4) is 0 Å². The van der Waals surface area contributed by atoms with E-state index in [-0.39, 0.29) is 24.8 Å². The van der Waals surface area contributed by atoms with Crippen LogP contribution in [0, 0.1) is 0 Å². The third-order valence-corrected chi connectivity index (χ3v) is 5.55.